The van der Waals surface area contributed by atoms with Crippen molar-refractivity contribution in [2.45, 2.75) is 103 Å². The number of aliphatic hydroxyl groups excluding tert-OH is 1. The van der Waals surface area contributed by atoms with Crippen LogP contribution in [0.5, 0.6) is 11.5 Å². The van der Waals surface area contributed by atoms with E-state index >= 15 is 0 Å². The van der Waals surface area contributed by atoms with Crippen LogP contribution in [0.4, 0.5) is 5.69 Å². The molecule has 2 amide bonds. The highest BCUT2D eigenvalue weighted by molar-refractivity contribution is 5.93. The van der Waals surface area contributed by atoms with Gasteiger partial charge in [-0.25, -0.2) is 4.79 Å². The van der Waals surface area contributed by atoms with Gasteiger partial charge in [0.05, 0.1) is 31.4 Å². The Morgan fingerprint density at radius 1 is 1.06 bits per heavy atom. The molecule has 0 saturated heterocycles. The van der Waals surface area contributed by atoms with Crippen molar-refractivity contribution in [1.82, 2.24) is 5.32 Å². The van der Waals surface area contributed by atoms with E-state index in [9.17, 15) is 24.6 Å². The van der Waals surface area contributed by atoms with E-state index in [1.807, 2.05) is 32.1 Å². The molecule has 0 radical (unpaired) electrons. The Bertz CT molecular complexity index is 1330. The van der Waals surface area contributed by atoms with Crippen LogP contribution >= 0.6 is 0 Å². The minimum Gasteiger partial charge on any atom is -0.505 e. The average molecular weight is 653 g/mol. The van der Waals surface area contributed by atoms with E-state index in [2.05, 4.69) is 10.6 Å². The summed E-state index contributed by atoms with van der Waals surface area (Å²) >= 11 is 0. The van der Waals surface area contributed by atoms with Crippen molar-refractivity contribution in [3.63, 3.8) is 0 Å². The normalized spacial score (nSPS) is 27.4. The highest BCUT2D eigenvalue weighted by Crippen LogP contribution is 2.34. The molecule has 10 heteroatoms. The van der Waals surface area contributed by atoms with Crippen LogP contribution in [-0.4, -0.2) is 66.6 Å². The number of phenols is 1. The maximum atomic E-state index is 13.2. The number of phenolic OH excluding ortho intramolecular Hbond substituents is 1. The molecule has 1 aliphatic heterocycles. The molecule has 47 heavy (non-hydrogen) atoms. The Labute approximate surface area is 278 Å². The number of amides is 2. The SMILES string of the molecule is COc1cc2c(O)c(c1)NC(=O)C[C@H](OC)\C=C/C=C\C=C/C[C@@H](OC(=O)[C@@H](C)NC(=O)C1CCCCC1)[C@H](C)[C@H](O)/C(C)=C\CC2. The number of esters is 1. The summed E-state index contributed by atoms with van der Waals surface area (Å²) in [6, 6.07) is 2.46. The van der Waals surface area contributed by atoms with Gasteiger partial charge in [0.2, 0.25) is 11.8 Å². The number of aryl methyl sites for hydroxylation is 1. The number of hydrogen-bond donors (Lipinski definition) is 4. The molecule has 0 aromatic heterocycles. The summed E-state index contributed by atoms with van der Waals surface area (Å²) in [7, 11) is 3.03. The van der Waals surface area contributed by atoms with Crippen LogP contribution in [0.3, 0.4) is 0 Å². The van der Waals surface area contributed by atoms with Crippen molar-refractivity contribution >= 4 is 23.5 Å². The van der Waals surface area contributed by atoms with E-state index < -0.39 is 36.2 Å². The molecule has 2 aliphatic rings. The first-order valence-electron chi connectivity index (χ1n) is 16.6. The zero-order valence-electron chi connectivity index (χ0n) is 28.4. The topological polar surface area (TPSA) is 143 Å². The molecule has 1 heterocycles. The number of anilines is 1. The van der Waals surface area contributed by atoms with Gasteiger partial charge in [-0.2, -0.15) is 0 Å². The van der Waals surface area contributed by atoms with Crippen LogP contribution in [0, 0.1) is 11.8 Å². The van der Waals surface area contributed by atoms with Gasteiger partial charge in [-0.1, -0.05) is 68.7 Å². The highest BCUT2D eigenvalue weighted by Gasteiger charge is 2.31. The van der Waals surface area contributed by atoms with E-state index in [1.165, 1.54) is 14.2 Å². The molecule has 3 rings (SSSR count). The highest BCUT2D eigenvalue weighted by atomic mass is 16.5. The third-order valence-electron chi connectivity index (χ3n) is 8.91. The number of aliphatic hydroxyl groups is 1. The molecule has 10 nitrogen and oxygen atoms in total. The van der Waals surface area contributed by atoms with Gasteiger partial charge in [-0.15, -0.1) is 0 Å². The van der Waals surface area contributed by atoms with Crippen molar-refractivity contribution in [2.24, 2.45) is 11.8 Å². The maximum absolute atomic E-state index is 13.2. The second kappa shape index (κ2) is 19.1. The number of allylic oxidation sites excluding steroid dienone is 5. The fraction of sp³-hybridized carbons (Fsp3) is 0.541. The van der Waals surface area contributed by atoms with E-state index in [0.717, 1.165) is 32.1 Å². The second-order valence-corrected chi connectivity index (χ2v) is 12.5. The number of methoxy groups -OCH3 is 2. The molecular formula is C37H52N2O8. The number of carbonyl (C=O) groups is 3. The number of hydrogen-bond acceptors (Lipinski definition) is 8. The number of ether oxygens (including phenoxy) is 3. The van der Waals surface area contributed by atoms with E-state index in [1.54, 1.807) is 43.4 Å². The number of aromatic hydroxyl groups is 1. The van der Waals surface area contributed by atoms with Gasteiger partial charge in [0, 0.05) is 37.0 Å². The fourth-order valence-electron chi connectivity index (χ4n) is 5.86. The Kier molecular flexibility index (Phi) is 15.2. The van der Waals surface area contributed by atoms with Gasteiger partial charge in [0.15, 0.2) is 0 Å². The first-order valence-corrected chi connectivity index (χ1v) is 16.6. The van der Waals surface area contributed by atoms with Crippen LogP contribution < -0.4 is 15.4 Å². The van der Waals surface area contributed by atoms with Gasteiger partial charge in [-0.3, -0.25) is 9.59 Å². The third kappa shape index (κ3) is 11.7. The first-order chi connectivity index (χ1) is 22.5. The van der Waals surface area contributed by atoms with E-state index in [0.29, 0.717) is 36.1 Å². The summed E-state index contributed by atoms with van der Waals surface area (Å²) in [5.74, 6) is -1.11. The molecule has 2 bridgehead atoms. The quantitative estimate of drug-likeness (QED) is 0.174. The molecule has 4 N–H and O–H groups in total. The van der Waals surface area contributed by atoms with Gasteiger partial charge in [0.25, 0.3) is 0 Å². The minimum atomic E-state index is -0.916. The van der Waals surface area contributed by atoms with Crippen LogP contribution in [0.25, 0.3) is 0 Å². The third-order valence-corrected chi connectivity index (χ3v) is 8.91. The van der Waals surface area contributed by atoms with Crippen LogP contribution in [0.1, 0.15) is 77.7 Å². The first kappa shape index (κ1) is 37.6. The average Bonchev–Trinajstić information content (AvgIpc) is 3.07. The zero-order chi connectivity index (χ0) is 34.3. The predicted octanol–water partition coefficient (Wildman–Crippen LogP) is 5.69. The summed E-state index contributed by atoms with van der Waals surface area (Å²) < 4.78 is 16.8. The lowest BCUT2D eigenvalue weighted by Crippen LogP contribution is -2.45. The number of rotatable bonds is 6. The van der Waals surface area contributed by atoms with Crippen LogP contribution in [0.2, 0.25) is 0 Å². The monoisotopic (exact) mass is 652 g/mol. The summed E-state index contributed by atoms with van der Waals surface area (Å²) in [6.45, 7) is 5.28. The van der Waals surface area contributed by atoms with E-state index in [4.69, 9.17) is 14.2 Å². The molecular weight excluding hydrogens is 600 g/mol. The van der Waals surface area contributed by atoms with Crippen molar-refractivity contribution < 1.29 is 38.8 Å². The standard InChI is InChI=1S/C37H52N2O8/c1-24-15-14-18-28-21-30(46-5)22-31(35(28)42)39-33(40)23-29(45-4)19-12-7-6-8-13-20-32(25(2)34(24)41)47-37(44)26(3)38-36(43)27-16-10-9-11-17-27/h6-8,12-13,15,19,21-22,25-27,29,32,34,41-42H,9-11,14,16-18,20,23H2,1-5H3,(H,38,43)(H,39,40)/b7-6-,13-8-,19-12-,24-15-/t25-,26+,29+,32+,34+/m0/s1. The maximum Gasteiger partial charge on any atom is 0.328 e. The molecule has 5 atom stereocenters. The Morgan fingerprint density at radius 3 is 2.49 bits per heavy atom. The fourth-order valence-corrected chi connectivity index (χ4v) is 5.86. The van der Waals surface area contributed by atoms with Crippen LogP contribution in [-0.2, 0) is 30.3 Å². The van der Waals surface area contributed by atoms with E-state index in [-0.39, 0.29) is 35.6 Å². The molecule has 1 aromatic rings. The predicted molar refractivity (Wildman–Crippen MR) is 182 cm³/mol. The van der Waals surface area contributed by atoms with Crippen molar-refractivity contribution in [3.05, 3.63) is 65.8 Å². The number of carbonyl (C=O) groups excluding carboxylic acids is 3. The molecule has 1 saturated carbocycles. The van der Waals surface area contributed by atoms with Gasteiger partial charge in [0.1, 0.15) is 23.6 Å². The largest absolute Gasteiger partial charge is 0.505 e. The molecule has 1 aromatic carbocycles. The van der Waals surface area contributed by atoms with Gasteiger partial charge < -0.3 is 35.1 Å². The van der Waals surface area contributed by atoms with Crippen molar-refractivity contribution in [1.29, 1.82) is 0 Å². The Morgan fingerprint density at radius 2 is 1.79 bits per heavy atom. The lowest BCUT2D eigenvalue weighted by molar-refractivity contribution is -0.156. The Balaban J connectivity index is 1.83. The number of fused-ring (bicyclic) bond motifs is 2. The van der Waals surface area contributed by atoms with Crippen molar-refractivity contribution in [2.75, 3.05) is 19.5 Å². The molecule has 1 fully saturated rings. The Hall–Kier alpha value is -3.89. The molecule has 258 valence electrons. The molecule has 1 aliphatic carbocycles. The lowest BCUT2D eigenvalue weighted by atomic mass is 9.88. The number of nitrogens with one attached hydrogen (secondary N) is 2. The molecule has 0 unspecified atom stereocenters. The van der Waals surface area contributed by atoms with Gasteiger partial charge >= 0.3 is 5.97 Å². The number of benzene rings is 1. The smallest absolute Gasteiger partial charge is 0.328 e. The molecule has 0 spiro atoms. The van der Waals surface area contributed by atoms with Crippen LogP contribution in [0.15, 0.2) is 60.2 Å². The zero-order valence-corrected chi connectivity index (χ0v) is 28.4. The summed E-state index contributed by atoms with van der Waals surface area (Å²) in [6.07, 6.45) is 16.7. The van der Waals surface area contributed by atoms with Crippen molar-refractivity contribution in [3.8, 4) is 11.5 Å². The minimum absolute atomic E-state index is 0.0347. The summed E-state index contributed by atoms with van der Waals surface area (Å²) in [4.78, 5) is 38.8. The van der Waals surface area contributed by atoms with Gasteiger partial charge in [-0.05, 0) is 51.2 Å². The summed E-state index contributed by atoms with van der Waals surface area (Å²) in [5.41, 5.74) is 1.51. The summed E-state index contributed by atoms with van der Waals surface area (Å²) in [5, 5.41) is 27.9. The lowest BCUT2D eigenvalue weighted by Gasteiger charge is -2.29. The second-order valence-electron chi connectivity index (χ2n) is 12.5.